The third-order valence-corrected chi connectivity index (χ3v) is 6.64. The Morgan fingerprint density at radius 3 is 2.71 bits per heavy atom. The maximum atomic E-state index is 13.2. The normalized spacial score (nSPS) is 14.5. The smallest absolute Gasteiger partial charge is 0.256 e. The fourth-order valence-corrected chi connectivity index (χ4v) is 4.70. The Labute approximate surface area is 201 Å². The first-order valence-corrected chi connectivity index (χ1v) is 12.0. The number of hydrogen-bond acceptors (Lipinski definition) is 6. The fourth-order valence-electron chi connectivity index (χ4n) is 3.91. The van der Waals surface area contributed by atoms with Gasteiger partial charge < -0.3 is 19.7 Å². The lowest BCUT2D eigenvalue weighted by Gasteiger charge is -2.27. The van der Waals surface area contributed by atoms with Crippen LogP contribution >= 0.6 is 11.8 Å². The Morgan fingerprint density at radius 1 is 1.03 bits per heavy atom. The number of fused-ring (bicyclic) bond motifs is 1. The molecule has 5 rings (SSSR count). The van der Waals surface area contributed by atoms with Crippen LogP contribution in [0.4, 0.5) is 5.69 Å². The Morgan fingerprint density at radius 2 is 1.88 bits per heavy atom. The molecule has 0 saturated heterocycles. The zero-order valence-electron chi connectivity index (χ0n) is 18.4. The van der Waals surface area contributed by atoms with E-state index in [2.05, 4.69) is 28.5 Å². The molecule has 2 aliphatic rings. The summed E-state index contributed by atoms with van der Waals surface area (Å²) in [5.74, 6) is 1.13. The molecule has 172 valence electrons. The van der Waals surface area contributed by atoms with Crippen LogP contribution in [0.15, 0.2) is 78.0 Å². The largest absolute Gasteiger partial charge is 0.454 e. The lowest BCUT2D eigenvalue weighted by atomic mass is 9.99. The molecule has 0 atom stereocenters. The third-order valence-electron chi connectivity index (χ3n) is 5.64. The van der Waals surface area contributed by atoms with Gasteiger partial charge in [-0.15, -0.1) is 0 Å². The molecule has 3 heterocycles. The predicted molar refractivity (Wildman–Crippen MR) is 131 cm³/mol. The van der Waals surface area contributed by atoms with E-state index in [1.54, 1.807) is 36.5 Å². The number of carbonyl (C=O) groups is 2. The van der Waals surface area contributed by atoms with Gasteiger partial charge in [-0.05, 0) is 41.8 Å². The molecule has 7 nitrogen and oxygen atoms in total. The van der Waals surface area contributed by atoms with E-state index < -0.39 is 0 Å². The molecular formula is C26H23N3O4S. The summed E-state index contributed by atoms with van der Waals surface area (Å²) in [5, 5.41) is 3.40. The number of thioether (sulfide) groups is 1. The van der Waals surface area contributed by atoms with Crippen molar-refractivity contribution in [3.05, 3.63) is 84.1 Å². The molecule has 2 aromatic carbocycles. The number of rotatable bonds is 6. The van der Waals surface area contributed by atoms with Crippen LogP contribution in [0.3, 0.4) is 0 Å². The van der Waals surface area contributed by atoms with Gasteiger partial charge in [-0.25, -0.2) is 4.98 Å². The van der Waals surface area contributed by atoms with Crippen molar-refractivity contribution >= 4 is 34.8 Å². The average molecular weight is 474 g/mol. The molecule has 3 aromatic rings. The number of nitrogens with zero attached hydrogens (tertiary/aromatic N) is 2. The van der Waals surface area contributed by atoms with E-state index in [9.17, 15) is 9.59 Å². The van der Waals surface area contributed by atoms with E-state index in [0.717, 1.165) is 6.42 Å². The maximum absolute atomic E-state index is 13.2. The van der Waals surface area contributed by atoms with Gasteiger partial charge in [-0.2, -0.15) is 0 Å². The number of amides is 2. The van der Waals surface area contributed by atoms with Crippen molar-refractivity contribution in [2.75, 3.05) is 31.0 Å². The highest BCUT2D eigenvalue weighted by atomic mass is 32.2. The van der Waals surface area contributed by atoms with Crippen LogP contribution in [0.25, 0.3) is 5.57 Å². The molecule has 0 aliphatic carbocycles. The van der Waals surface area contributed by atoms with E-state index in [0.29, 0.717) is 40.9 Å². The van der Waals surface area contributed by atoms with Crippen molar-refractivity contribution in [3.63, 3.8) is 0 Å². The number of hydrogen-bond donors (Lipinski definition) is 1. The van der Waals surface area contributed by atoms with Gasteiger partial charge in [0, 0.05) is 31.0 Å². The number of ether oxygens (including phenoxy) is 2. The highest BCUT2D eigenvalue weighted by molar-refractivity contribution is 8.00. The molecule has 0 saturated carbocycles. The summed E-state index contributed by atoms with van der Waals surface area (Å²) in [6, 6.07) is 19.0. The zero-order valence-corrected chi connectivity index (χ0v) is 19.2. The van der Waals surface area contributed by atoms with Crippen molar-refractivity contribution < 1.29 is 19.1 Å². The molecule has 0 fully saturated rings. The van der Waals surface area contributed by atoms with Gasteiger partial charge >= 0.3 is 0 Å². The molecule has 2 amide bonds. The molecule has 0 spiro atoms. The van der Waals surface area contributed by atoms with Crippen LogP contribution in [-0.4, -0.2) is 47.3 Å². The molecule has 8 heteroatoms. The Hall–Kier alpha value is -3.78. The molecule has 2 aliphatic heterocycles. The number of anilines is 1. The van der Waals surface area contributed by atoms with Crippen LogP contribution in [0.1, 0.15) is 22.3 Å². The summed E-state index contributed by atoms with van der Waals surface area (Å²) in [7, 11) is 0. The quantitative estimate of drug-likeness (QED) is 0.532. The van der Waals surface area contributed by atoms with Crippen molar-refractivity contribution in [2.45, 2.75) is 11.4 Å². The van der Waals surface area contributed by atoms with Crippen LogP contribution in [0.2, 0.25) is 0 Å². The SMILES string of the molecule is O=C(CSc1ncccc1C(=O)N1CC=C(c2ccccc2)CC1)Nc1ccc2c(c1)OCO2. The van der Waals surface area contributed by atoms with E-state index in [1.165, 1.54) is 22.9 Å². The second kappa shape index (κ2) is 10.0. The van der Waals surface area contributed by atoms with E-state index in [1.807, 2.05) is 23.1 Å². The van der Waals surface area contributed by atoms with E-state index in [-0.39, 0.29) is 24.4 Å². The van der Waals surface area contributed by atoms with Gasteiger partial charge in [0.15, 0.2) is 11.5 Å². The lowest BCUT2D eigenvalue weighted by Crippen LogP contribution is -2.35. The summed E-state index contributed by atoms with van der Waals surface area (Å²) in [5.41, 5.74) is 3.59. The zero-order chi connectivity index (χ0) is 23.3. The van der Waals surface area contributed by atoms with E-state index in [4.69, 9.17) is 9.47 Å². The first kappa shape index (κ1) is 22.0. The predicted octanol–water partition coefficient (Wildman–Crippen LogP) is 4.47. The molecule has 0 radical (unpaired) electrons. The third kappa shape index (κ3) is 4.92. The highest BCUT2D eigenvalue weighted by Gasteiger charge is 2.23. The van der Waals surface area contributed by atoms with Crippen LogP contribution < -0.4 is 14.8 Å². The summed E-state index contributed by atoms with van der Waals surface area (Å²) in [6.45, 7) is 1.37. The standard InChI is InChI=1S/C26H23N3O4S/c30-24(28-20-8-9-22-23(15-20)33-17-32-22)16-34-25-21(7-4-12-27-25)26(31)29-13-10-19(11-14-29)18-5-2-1-3-6-18/h1-10,12,15H,11,13-14,16-17H2,(H,28,30). The first-order chi connectivity index (χ1) is 16.7. The summed E-state index contributed by atoms with van der Waals surface area (Å²) < 4.78 is 10.6. The van der Waals surface area contributed by atoms with Gasteiger partial charge in [0.1, 0.15) is 5.03 Å². The summed E-state index contributed by atoms with van der Waals surface area (Å²) >= 11 is 1.25. The minimum absolute atomic E-state index is 0.0739. The van der Waals surface area contributed by atoms with Gasteiger partial charge in [-0.1, -0.05) is 48.2 Å². The average Bonchev–Trinajstić information content (AvgIpc) is 3.36. The lowest BCUT2D eigenvalue weighted by molar-refractivity contribution is -0.113. The molecule has 1 N–H and O–H groups in total. The molecule has 1 aromatic heterocycles. The van der Waals surface area contributed by atoms with Gasteiger partial charge in [0.25, 0.3) is 5.91 Å². The van der Waals surface area contributed by atoms with Crippen molar-refractivity contribution in [1.82, 2.24) is 9.88 Å². The minimum Gasteiger partial charge on any atom is -0.454 e. The molecule has 0 bridgehead atoms. The number of benzene rings is 2. The van der Waals surface area contributed by atoms with Gasteiger partial charge in [0.2, 0.25) is 12.7 Å². The Kier molecular flexibility index (Phi) is 6.49. The van der Waals surface area contributed by atoms with Gasteiger partial charge in [0.05, 0.1) is 11.3 Å². The number of nitrogens with one attached hydrogen (secondary N) is 1. The second-order valence-corrected chi connectivity index (χ2v) is 8.82. The summed E-state index contributed by atoms with van der Waals surface area (Å²) in [4.78, 5) is 31.9. The minimum atomic E-state index is -0.193. The molecule has 34 heavy (non-hydrogen) atoms. The van der Waals surface area contributed by atoms with Crippen molar-refractivity contribution in [1.29, 1.82) is 0 Å². The number of pyridine rings is 1. The number of carbonyl (C=O) groups excluding carboxylic acids is 2. The summed E-state index contributed by atoms with van der Waals surface area (Å²) in [6.07, 6.45) is 4.55. The van der Waals surface area contributed by atoms with Crippen LogP contribution in [0, 0.1) is 0 Å². The highest BCUT2D eigenvalue weighted by Crippen LogP contribution is 2.34. The Balaban J connectivity index is 1.21. The Bertz CT molecular complexity index is 1250. The molecular weight excluding hydrogens is 450 g/mol. The molecule has 0 unspecified atom stereocenters. The van der Waals surface area contributed by atoms with Gasteiger partial charge in [-0.3, -0.25) is 9.59 Å². The van der Waals surface area contributed by atoms with Crippen molar-refractivity contribution in [2.24, 2.45) is 0 Å². The van der Waals surface area contributed by atoms with E-state index >= 15 is 0 Å². The monoisotopic (exact) mass is 473 g/mol. The number of aromatic nitrogens is 1. The van der Waals surface area contributed by atoms with Crippen LogP contribution in [-0.2, 0) is 4.79 Å². The van der Waals surface area contributed by atoms with Crippen molar-refractivity contribution in [3.8, 4) is 11.5 Å². The first-order valence-electron chi connectivity index (χ1n) is 11.0. The fraction of sp³-hybridized carbons (Fsp3) is 0.192. The maximum Gasteiger partial charge on any atom is 0.256 e. The van der Waals surface area contributed by atoms with Crippen LogP contribution in [0.5, 0.6) is 11.5 Å². The topological polar surface area (TPSA) is 80.8 Å². The second-order valence-electron chi connectivity index (χ2n) is 7.86.